The molecular weight excluding hydrogens is 232 g/mol. The molecule has 0 spiro atoms. The minimum Gasteiger partial charge on any atom is -0.497 e. The minimum atomic E-state index is -0.575. The molecule has 1 aromatic carbocycles. The van der Waals surface area contributed by atoms with Crippen molar-refractivity contribution in [3.05, 3.63) is 28.3 Å². The van der Waals surface area contributed by atoms with Gasteiger partial charge in [-0.25, -0.2) is 4.79 Å². The van der Waals surface area contributed by atoms with Crippen molar-refractivity contribution in [1.82, 2.24) is 0 Å². The zero-order chi connectivity index (χ0) is 12.1. The van der Waals surface area contributed by atoms with E-state index in [9.17, 15) is 9.59 Å². The molecule has 0 saturated heterocycles. The Hall–Kier alpha value is -1.55. The predicted octanol–water partition coefficient (Wildman–Crippen LogP) is 2.34. The molecular formula is C11H11ClO4. The highest BCUT2D eigenvalue weighted by Gasteiger charge is 2.16. The Labute approximate surface area is 98.1 Å². The summed E-state index contributed by atoms with van der Waals surface area (Å²) in [5, 5.41) is 0.0780. The van der Waals surface area contributed by atoms with Gasteiger partial charge in [0, 0.05) is 5.56 Å². The van der Waals surface area contributed by atoms with Gasteiger partial charge in [-0.2, -0.15) is 0 Å². The van der Waals surface area contributed by atoms with Crippen molar-refractivity contribution in [2.45, 2.75) is 6.92 Å². The lowest BCUT2D eigenvalue weighted by molar-refractivity contribution is 0.0526. The highest BCUT2D eigenvalue weighted by molar-refractivity contribution is 6.36. The Morgan fingerprint density at radius 1 is 1.50 bits per heavy atom. The third kappa shape index (κ3) is 2.52. The maximum atomic E-state index is 11.5. The fourth-order valence-corrected chi connectivity index (χ4v) is 1.41. The second-order valence-corrected chi connectivity index (χ2v) is 3.29. The third-order valence-corrected chi connectivity index (χ3v) is 2.35. The number of hydrogen-bond donors (Lipinski definition) is 0. The first-order valence-electron chi connectivity index (χ1n) is 4.63. The van der Waals surface area contributed by atoms with E-state index in [0.29, 0.717) is 12.0 Å². The van der Waals surface area contributed by atoms with Crippen LogP contribution in [0.3, 0.4) is 0 Å². The highest BCUT2D eigenvalue weighted by Crippen LogP contribution is 2.26. The van der Waals surface area contributed by atoms with Crippen LogP contribution in [0.15, 0.2) is 12.1 Å². The van der Waals surface area contributed by atoms with Crippen LogP contribution in [-0.4, -0.2) is 26.0 Å². The molecule has 0 fully saturated rings. The Morgan fingerprint density at radius 2 is 2.19 bits per heavy atom. The lowest BCUT2D eigenvalue weighted by Crippen LogP contribution is -2.07. The Morgan fingerprint density at radius 3 is 2.69 bits per heavy atom. The maximum absolute atomic E-state index is 11.5. The summed E-state index contributed by atoms with van der Waals surface area (Å²) in [5.74, 6) is -0.191. The van der Waals surface area contributed by atoms with Crippen LogP contribution in [0.25, 0.3) is 0 Å². The van der Waals surface area contributed by atoms with Crippen LogP contribution in [0.1, 0.15) is 27.6 Å². The average Bonchev–Trinajstić information content (AvgIpc) is 2.29. The van der Waals surface area contributed by atoms with Gasteiger partial charge in [-0.1, -0.05) is 11.6 Å². The maximum Gasteiger partial charge on any atom is 0.339 e. The fraction of sp³-hybridized carbons (Fsp3) is 0.273. The molecule has 4 nitrogen and oxygen atoms in total. The summed E-state index contributed by atoms with van der Waals surface area (Å²) in [6.07, 6.45) is 0.563. The second kappa shape index (κ2) is 5.51. The highest BCUT2D eigenvalue weighted by atomic mass is 35.5. The van der Waals surface area contributed by atoms with Gasteiger partial charge < -0.3 is 9.47 Å². The van der Waals surface area contributed by atoms with E-state index in [1.54, 1.807) is 6.92 Å². The van der Waals surface area contributed by atoms with Gasteiger partial charge in [-0.3, -0.25) is 4.79 Å². The summed E-state index contributed by atoms with van der Waals surface area (Å²) in [6.45, 7) is 1.93. The van der Waals surface area contributed by atoms with Crippen molar-refractivity contribution < 1.29 is 19.1 Å². The molecule has 16 heavy (non-hydrogen) atoms. The van der Waals surface area contributed by atoms with E-state index in [2.05, 4.69) is 0 Å². The first-order valence-corrected chi connectivity index (χ1v) is 5.01. The molecule has 0 bridgehead atoms. The molecule has 0 aromatic heterocycles. The third-order valence-electron chi connectivity index (χ3n) is 1.93. The number of carbonyl (C=O) groups is 2. The number of methoxy groups -OCH3 is 1. The summed E-state index contributed by atoms with van der Waals surface area (Å²) in [5.41, 5.74) is 0.328. The zero-order valence-electron chi connectivity index (χ0n) is 8.95. The molecule has 0 aliphatic heterocycles. The van der Waals surface area contributed by atoms with Crippen LogP contribution >= 0.6 is 11.6 Å². The van der Waals surface area contributed by atoms with Gasteiger partial charge >= 0.3 is 5.97 Å². The van der Waals surface area contributed by atoms with Crippen LogP contribution in [0.5, 0.6) is 5.75 Å². The van der Waals surface area contributed by atoms with Crippen molar-refractivity contribution in [1.29, 1.82) is 0 Å². The summed E-state index contributed by atoms with van der Waals surface area (Å²) in [7, 11) is 1.44. The molecule has 0 saturated carbocycles. The van der Waals surface area contributed by atoms with Gasteiger partial charge in [-0.15, -0.1) is 0 Å². The summed E-state index contributed by atoms with van der Waals surface area (Å²) >= 11 is 5.88. The summed E-state index contributed by atoms with van der Waals surface area (Å²) < 4.78 is 9.77. The first-order chi connectivity index (χ1) is 7.63. The lowest BCUT2D eigenvalue weighted by Gasteiger charge is -2.08. The normalized spacial score (nSPS) is 9.69. The van der Waals surface area contributed by atoms with E-state index in [0.717, 1.165) is 0 Å². The lowest BCUT2D eigenvalue weighted by atomic mass is 10.1. The van der Waals surface area contributed by atoms with E-state index >= 15 is 0 Å². The molecule has 0 N–H and O–H groups in total. The van der Waals surface area contributed by atoms with Crippen molar-refractivity contribution in [2.24, 2.45) is 0 Å². The van der Waals surface area contributed by atoms with E-state index in [-0.39, 0.29) is 22.8 Å². The molecule has 5 heteroatoms. The first kappa shape index (κ1) is 12.5. The van der Waals surface area contributed by atoms with Crippen molar-refractivity contribution in [3.63, 3.8) is 0 Å². The molecule has 0 unspecified atom stereocenters. The van der Waals surface area contributed by atoms with Crippen LogP contribution in [0, 0.1) is 0 Å². The van der Waals surface area contributed by atoms with Gasteiger partial charge in [0.2, 0.25) is 0 Å². The number of halogens is 1. The minimum absolute atomic E-state index is 0.0780. The number of carbonyl (C=O) groups excluding carboxylic acids is 2. The number of benzene rings is 1. The number of aldehydes is 1. The molecule has 1 aromatic rings. The summed E-state index contributed by atoms with van der Waals surface area (Å²) in [6, 6.07) is 2.89. The number of rotatable bonds is 4. The van der Waals surface area contributed by atoms with E-state index in [4.69, 9.17) is 21.1 Å². The number of hydrogen-bond acceptors (Lipinski definition) is 4. The van der Waals surface area contributed by atoms with Gasteiger partial charge in [0.15, 0.2) is 6.29 Å². The van der Waals surface area contributed by atoms with Crippen molar-refractivity contribution >= 4 is 23.9 Å². The van der Waals surface area contributed by atoms with Crippen molar-refractivity contribution in [3.8, 4) is 5.75 Å². The van der Waals surface area contributed by atoms with Crippen LogP contribution in [0.2, 0.25) is 5.02 Å². The standard InChI is InChI=1S/C11H11ClO4/c1-3-16-11(14)9-5-8(15-2)4-7(6-13)10(9)12/h4-6H,3H2,1-2H3. The van der Waals surface area contributed by atoms with Crippen LogP contribution in [0.4, 0.5) is 0 Å². The van der Waals surface area contributed by atoms with E-state index in [1.165, 1.54) is 19.2 Å². The average molecular weight is 243 g/mol. The number of ether oxygens (including phenoxy) is 2. The molecule has 1 rings (SSSR count). The molecule has 86 valence electrons. The monoisotopic (exact) mass is 242 g/mol. The summed E-state index contributed by atoms with van der Waals surface area (Å²) in [4.78, 5) is 22.3. The fourth-order valence-electron chi connectivity index (χ4n) is 1.18. The van der Waals surface area contributed by atoms with Gasteiger partial charge in [0.05, 0.1) is 24.3 Å². The molecule has 0 aliphatic rings. The van der Waals surface area contributed by atoms with Gasteiger partial charge in [0.25, 0.3) is 0 Å². The van der Waals surface area contributed by atoms with Crippen LogP contribution < -0.4 is 4.74 Å². The van der Waals surface area contributed by atoms with E-state index < -0.39 is 5.97 Å². The predicted molar refractivity (Wildman–Crippen MR) is 59.3 cm³/mol. The smallest absolute Gasteiger partial charge is 0.339 e. The molecule has 0 aliphatic carbocycles. The Balaban J connectivity index is 3.25. The van der Waals surface area contributed by atoms with Crippen LogP contribution in [-0.2, 0) is 4.74 Å². The topological polar surface area (TPSA) is 52.6 Å². The largest absolute Gasteiger partial charge is 0.497 e. The molecule has 0 radical (unpaired) electrons. The zero-order valence-corrected chi connectivity index (χ0v) is 9.71. The van der Waals surface area contributed by atoms with Gasteiger partial charge in [-0.05, 0) is 19.1 Å². The van der Waals surface area contributed by atoms with E-state index in [1.807, 2.05) is 0 Å². The van der Waals surface area contributed by atoms with Crippen molar-refractivity contribution in [2.75, 3.05) is 13.7 Å². The number of esters is 1. The molecule has 0 amide bonds. The quantitative estimate of drug-likeness (QED) is 0.601. The Kier molecular flexibility index (Phi) is 4.31. The SMILES string of the molecule is CCOC(=O)c1cc(OC)cc(C=O)c1Cl. The molecule has 0 atom stereocenters. The second-order valence-electron chi connectivity index (χ2n) is 2.92. The Bertz CT molecular complexity index is 415. The van der Waals surface area contributed by atoms with Gasteiger partial charge in [0.1, 0.15) is 5.75 Å². The molecule has 0 heterocycles.